The maximum atomic E-state index is 13.2. The minimum Gasteiger partial charge on any atom is -0.317 e. The van der Waals surface area contributed by atoms with Crippen molar-refractivity contribution in [2.24, 2.45) is 0 Å². The maximum Gasteiger partial charge on any atom is 0.123 e. The van der Waals surface area contributed by atoms with Crippen molar-refractivity contribution >= 4 is 15.9 Å². The first-order valence-electron chi connectivity index (χ1n) is 6.02. The van der Waals surface area contributed by atoms with Crippen LogP contribution in [0.5, 0.6) is 0 Å². The largest absolute Gasteiger partial charge is 0.317 e. The number of hydrogen-bond donors (Lipinski definition) is 1. The standard InChI is InChI=1S/C13H18BrFN2/c1-16-12-4-6-17(7-5-12)9-10-8-11(15)2-3-13(10)14/h2-3,8,12,16H,4-7,9H2,1H3. The first kappa shape index (κ1) is 13.0. The number of piperidine rings is 1. The minimum atomic E-state index is -0.159. The second kappa shape index (κ2) is 5.94. The Kier molecular flexibility index (Phi) is 4.54. The van der Waals surface area contributed by atoms with E-state index < -0.39 is 0 Å². The molecule has 1 aliphatic heterocycles. The van der Waals surface area contributed by atoms with E-state index in [9.17, 15) is 4.39 Å². The van der Waals surface area contributed by atoms with Gasteiger partial charge in [-0.05, 0) is 56.7 Å². The fourth-order valence-electron chi connectivity index (χ4n) is 2.29. The lowest BCUT2D eigenvalue weighted by Gasteiger charge is -2.31. The van der Waals surface area contributed by atoms with E-state index in [4.69, 9.17) is 0 Å². The van der Waals surface area contributed by atoms with Crippen molar-refractivity contribution in [2.45, 2.75) is 25.4 Å². The van der Waals surface area contributed by atoms with Gasteiger partial charge in [-0.3, -0.25) is 4.90 Å². The Labute approximate surface area is 110 Å². The highest BCUT2D eigenvalue weighted by Gasteiger charge is 2.18. The highest BCUT2D eigenvalue weighted by atomic mass is 79.9. The van der Waals surface area contributed by atoms with Crippen LogP contribution in [0.15, 0.2) is 22.7 Å². The molecule has 1 aliphatic rings. The van der Waals surface area contributed by atoms with Gasteiger partial charge in [0.05, 0.1) is 0 Å². The predicted molar refractivity (Wildman–Crippen MR) is 71.5 cm³/mol. The average molecular weight is 301 g/mol. The summed E-state index contributed by atoms with van der Waals surface area (Å²) in [6.07, 6.45) is 2.34. The van der Waals surface area contributed by atoms with Crippen molar-refractivity contribution in [1.29, 1.82) is 0 Å². The topological polar surface area (TPSA) is 15.3 Å². The summed E-state index contributed by atoms with van der Waals surface area (Å²) in [6, 6.07) is 5.53. The molecular formula is C13H18BrFN2. The van der Waals surface area contributed by atoms with E-state index in [1.165, 1.54) is 18.9 Å². The molecule has 1 aromatic carbocycles. The van der Waals surface area contributed by atoms with Crippen LogP contribution in [-0.4, -0.2) is 31.1 Å². The normalized spacial score (nSPS) is 18.5. The molecule has 1 fully saturated rings. The fourth-order valence-corrected chi connectivity index (χ4v) is 2.66. The molecule has 0 unspecified atom stereocenters. The first-order valence-corrected chi connectivity index (χ1v) is 6.82. The molecule has 4 heteroatoms. The third-order valence-electron chi connectivity index (χ3n) is 3.40. The van der Waals surface area contributed by atoms with E-state index >= 15 is 0 Å². The van der Waals surface area contributed by atoms with Crippen LogP contribution in [0.4, 0.5) is 4.39 Å². The Morgan fingerprint density at radius 3 is 2.76 bits per heavy atom. The van der Waals surface area contributed by atoms with Crippen molar-refractivity contribution in [3.05, 3.63) is 34.1 Å². The van der Waals surface area contributed by atoms with Crippen molar-refractivity contribution < 1.29 is 4.39 Å². The van der Waals surface area contributed by atoms with Gasteiger partial charge in [-0.2, -0.15) is 0 Å². The summed E-state index contributed by atoms with van der Waals surface area (Å²) < 4.78 is 14.2. The Balaban J connectivity index is 1.95. The maximum absolute atomic E-state index is 13.2. The van der Waals surface area contributed by atoms with Gasteiger partial charge >= 0.3 is 0 Å². The van der Waals surface area contributed by atoms with Crippen LogP contribution in [0.1, 0.15) is 18.4 Å². The molecule has 0 aromatic heterocycles. The molecule has 1 N–H and O–H groups in total. The Bertz CT molecular complexity index is 376. The lowest BCUT2D eigenvalue weighted by Crippen LogP contribution is -2.40. The van der Waals surface area contributed by atoms with Crippen LogP contribution in [0.25, 0.3) is 0 Å². The van der Waals surface area contributed by atoms with Gasteiger partial charge in [-0.25, -0.2) is 4.39 Å². The number of rotatable bonds is 3. The molecule has 17 heavy (non-hydrogen) atoms. The summed E-state index contributed by atoms with van der Waals surface area (Å²) in [5.74, 6) is -0.159. The van der Waals surface area contributed by atoms with Crippen molar-refractivity contribution in [3.63, 3.8) is 0 Å². The number of benzene rings is 1. The third-order valence-corrected chi connectivity index (χ3v) is 4.17. The Morgan fingerprint density at radius 2 is 2.12 bits per heavy atom. The molecule has 0 amide bonds. The van der Waals surface area contributed by atoms with Crippen molar-refractivity contribution in [3.8, 4) is 0 Å². The van der Waals surface area contributed by atoms with Gasteiger partial charge in [0.1, 0.15) is 5.82 Å². The highest BCUT2D eigenvalue weighted by molar-refractivity contribution is 9.10. The molecule has 0 spiro atoms. The average Bonchev–Trinajstić information content (AvgIpc) is 2.35. The predicted octanol–water partition coefficient (Wildman–Crippen LogP) is 2.77. The molecule has 1 saturated heterocycles. The SMILES string of the molecule is CNC1CCN(Cc2cc(F)ccc2Br)CC1. The lowest BCUT2D eigenvalue weighted by atomic mass is 10.0. The van der Waals surface area contributed by atoms with Crippen molar-refractivity contribution in [2.75, 3.05) is 20.1 Å². The highest BCUT2D eigenvalue weighted by Crippen LogP contribution is 2.21. The zero-order valence-electron chi connectivity index (χ0n) is 10.0. The van der Waals surface area contributed by atoms with Crippen LogP contribution in [0.2, 0.25) is 0 Å². The lowest BCUT2D eigenvalue weighted by molar-refractivity contribution is 0.194. The Hall–Kier alpha value is -0.450. The van der Waals surface area contributed by atoms with Gasteiger partial charge in [-0.15, -0.1) is 0 Å². The molecule has 1 heterocycles. The van der Waals surface area contributed by atoms with Gasteiger partial charge < -0.3 is 5.32 Å². The monoisotopic (exact) mass is 300 g/mol. The molecule has 94 valence electrons. The number of nitrogens with one attached hydrogen (secondary N) is 1. The molecule has 0 atom stereocenters. The van der Waals surface area contributed by atoms with E-state index in [2.05, 4.69) is 26.1 Å². The van der Waals surface area contributed by atoms with Crippen molar-refractivity contribution in [1.82, 2.24) is 10.2 Å². The van der Waals surface area contributed by atoms with Crippen LogP contribution in [-0.2, 0) is 6.54 Å². The molecule has 0 saturated carbocycles. The van der Waals surface area contributed by atoms with Gasteiger partial charge in [0.2, 0.25) is 0 Å². The molecule has 0 bridgehead atoms. The summed E-state index contributed by atoms with van der Waals surface area (Å²) in [4.78, 5) is 2.38. The zero-order chi connectivity index (χ0) is 12.3. The van der Waals surface area contributed by atoms with Crippen LogP contribution < -0.4 is 5.32 Å². The summed E-state index contributed by atoms with van der Waals surface area (Å²) in [6.45, 7) is 2.98. The zero-order valence-corrected chi connectivity index (χ0v) is 11.6. The van der Waals surface area contributed by atoms with E-state index in [1.807, 2.05) is 7.05 Å². The third kappa shape index (κ3) is 3.50. The molecule has 2 rings (SSSR count). The molecule has 0 radical (unpaired) electrons. The Morgan fingerprint density at radius 1 is 1.41 bits per heavy atom. The fraction of sp³-hybridized carbons (Fsp3) is 0.538. The second-order valence-electron chi connectivity index (χ2n) is 4.57. The van der Waals surface area contributed by atoms with E-state index in [0.29, 0.717) is 6.04 Å². The second-order valence-corrected chi connectivity index (χ2v) is 5.43. The van der Waals surface area contributed by atoms with Crippen LogP contribution >= 0.6 is 15.9 Å². The number of nitrogens with zero attached hydrogens (tertiary/aromatic N) is 1. The molecule has 2 nitrogen and oxygen atoms in total. The van der Waals surface area contributed by atoms with E-state index in [0.717, 1.165) is 29.7 Å². The van der Waals surface area contributed by atoms with Gasteiger partial charge in [0, 0.05) is 17.1 Å². The summed E-state index contributed by atoms with van der Waals surface area (Å²) in [7, 11) is 2.02. The van der Waals surface area contributed by atoms with Gasteiger partial charge in [0.25, 0.3) is 0 Å². The van der Waals surface area contributed by atoms with Gasteiger partial charge in [-0.1, -0.05) is 15.9 Å². The van der Waals surface area contributed by atoms with E-state index in [1.54, 1.807) is 12.1 Å². The summed E-state index contributed by atoms with van der Waals surface area (Å²) in [5, 5.41) is 3.31. The summed E-state index contributed by atoms with van der Waals surface area (Å²) >= 11 is 3.48. The molecule has 0 aliphatic carbocycles. The minimum absolute atomic E-state index is 0.159. The van der Waals surface area contributed by atoms with Crippen LogP contribution in [0.3, 0.4) is 0 Å². The van der Waals surface area contributed by atoms with E-state index in [-0.39, 0.29) is 5.82 Å². The summed E-state index contributed by atoms with van der Waals surface area (Å²) in [5.41, 5.74) is 1.04. The smallest absolute Gasteiger partial charge is 0.123 e. The number of halogens is 2. The van der Waals surface area contributed by atoms with Crippen LogP contribution in [0, 0.1) is 5.82 Å². The quantitative estimate of drug-likeness (QED) is 0.923. The van der Waals surface area contributed by atoms with Gasteiger partial charge in [0.15, 0.2) is 0 Å². The first-order chi connectivity index (χ1) is 8.19. The number of hydrogen-bond acceptors (Lipinski definition) is 2. The molecule has 1 aromatic rings. The number of likely N-dealkylation sites (tertiary alicyclic amines) is 1. The molecular weight excluding hydrogens is 283 g/mol.